The number of halogens is 1. The summed E-state index contributed by atoms with van der Waals surface area (Å²) in [6.07, 6.45) is 1.46. The Morgan fingerprint density at radius 3 is 2.57 bits per heavy atom. The van der Waals surface area contributed by atoms with Gasteiger partial charge in [-0.2, -0.15) is 0 Å². The van der Waals surface area contributed by atoms with Crippen LogP contribution in [0.3, 0.4) is 0 Å². The van der Waals surface area contributed by atoms with Gasteiger partial charge in [0.05, 0.1) is 0 Å². The van der Waals surface area contributed by atoms with Gasteiger partial charge in [0, 0.05) is 34.9 Å². The Balaban J connectivity index is 1.82. The molecule has 0 spiro atoms. The maximum atomic E-state index is 12.3. The lowest BCUT2D eigenvalue weighted by Gasteiger charge is -2.19. The number of hydrogen-bond donors (Lipinski definition) is 1. The van der Waals surface area contributed by atoms with Gasteiger partial charge in [-0.25, -0.2) is 0 Å². The minimum Gasteiger partial charge on any atom is -0.322 e. The Labute approximate surface area is 140 Å². The average molecular weight is 329 g/mol. The third kappa shape index (κ3) is 3.37. The normalized spacial score (nSPS) is 14.2. The number of carbonyl (C=O) groups excluding carboxylic acids is 2. The van der Waals surface area contributed by atoms with Crippen molar-refractivity contribution in [3.63, 3.8) is 0 Å². The molecule has 1 aliphatic heterocycles. The van der Waals surface area contributed by atoms with Crippen LogP contribution in [0.4, 0.5) is 11.4 Å². The Morgan fingerprint density at radius 1 is 1.17 bits per heavy atom. The Bertz CT molecular complexity index is 756. The molecule has 1 saturated heterocycles. The molecule has 1 aliphatic rings. The number of nitrogens with zero attached hydrogens (tertiary/aromatic N) is 1. The van der Waals surface area contributed by atoms with Gasteiger partial charge in [0.1, 0.15) is 0 Å². The monoisotopic (exact) mass is 328 g/mol. The fourth-order valence-electron chi connectivity index (χ4n) is 2.69. The van der Waals surface area contributed by atoms with E-state index in [0.717, 1.165) is 24.2 Å². The number of nitrogens with one attached hydrogen (secondary N) is 1. The number of benzene rings is 2. The molecular formula is C18H17ClN2O2. The molecule has 118 valence electrons. The van der Waals surface area contributed by atoms with Crippen LogP contribution in [0.2, 0.25) is 5.02 Å². The molecule has 3 rings (SSSR count). The van der Waals surface area contributed by atoms with Crippen LogP contribution >= 0.6 is 11.6 Å². The van der Waals surface area contributed by atoms with Gasteiger partial charge in [-0.15, -0.1) is 0 Å². The van der Waals surface area contributed by atoms with E-state index in [0.29, 0.717) is 22.7 Å². The zero-order chi connectivity index (χ0) is 16.4. The van der Waals surface area contributed by atoms with E-state index in [1.165, 1.54) is 0 Å². The predicted molar refractivity (Wildman–Crippen MR) is 92.2 cm³/mol. The molecule has 1 N–H and O–H groups in total. The van der Waals surface area contributed by atoms with Crippen molar-refractivity contribution in [2.75, 3.05) is 16.8 Å². The Morgan fingerprint density at radius 2 is 1.91 bits per heavy atom. The first-order valence-corrected chi connectivity index (χ1v) is 7.90. The summed E-state index contributed by atoms with van der Waals surface area (Å²) in [6.45, 7) is 2.69. The third-order valence-corrected chi connectivity index (χ3v) is 4.19. The fraction of sp³-hybridized carbons (Fsp3) is 0.222. The summed E-state index contributed by atoms with van der Waals surface area (Å²) in [4.78, 5) is 26.0. The van der Waals surface area contributed by atoms with Gasteiger partial charge in [-0.3, -0.25) is 9.59 Å². The molecule has 23 heavy (non-hydrogen) atoms. The van der Waals surface area contributed by atoms with Gasteiger partial charge >= 0.3 is 0 Å². The molecule has 2 aromatic carbocycles. The quantitative estimate of drug-likeness (QED) is 0.924. The van der Waals surface area contributed by atoms with Crippen molar-refractivity contribution < 1.29 is 9.59 Å². The van der Waals surface area contributed by atoms with Crippen LogP contribution in [0.15, 0.2) is 42.5 Å². The number of anilines is 2. The van der Waals surface area contributed by atoms with E-state index in [-0.39, 0.29) is 11.8 Å². The van der Waals surface area contributed by atoms with E-state index < -0.39 is 0 Å². The molecule has 0 unspecified atom stereocenters. The topological polar surface area (TPSA) is 49.4 Å². The second-order valence-electron chi connectivity index (χ2n) is 5.61. The van der Waals surface area contributed by atoms with Crippen LogP contribution in [0.5, 0.6) is 0 Å². The lowest BCUT2D eigenvalue weighted by Crippen LogP contribution is -2.24. The van der Waals surface area contributed by atoms with Crippen LogP contribution < -0.4 is 10.2 Å². The third-order valence-electron chi connectivity index (χ3n) is 3.94. The molecule has 2 amide bonds. The Kier molecular flexibility index (Phi) is 4.35. The molecule has 2 aromatic rings. The van der Waals surface area contributed by atoms with E-state index in [1.807, 2.05) is 25.1 Å². The van der Waals surface area contributed by atoms with E-state index in [1.54, 1.807) is 29.2 Å². The lowest BCUT2D eigenvalue weighted by molar-refractivity contribution is -0.117. The summed E-state index contributed by atoms with van der Waals surface area (Å²) in [5.74, 6) is -0.0708. The van der Waals surface area contributed by atoms with Crippen LogP contribution in [-0.2, 0) is 4.79 Å². The maximum absolute atomic E-state index is 12.3. The Hall–Kier alpha value is -2.33. The van der Waals surface area contributed by atoms with Gasteiger partial charge in [-0.05, 0) is 55.3 Å². The highest BCUT2D eigenvalue weighted by Gasteiger charge is 2.23. The minimum absolute atomic E-state index is 0.134. The molecular weight excluding hydrogens is 312 g/mol. The molecule has 0 aromatic heterocycles. The molecule has 1 fully saturated rings. The number of hydrogen-bond acceptors (Lipinski definition) is 2. The molecule has 0 atom stereocenters. The first-order chi connectivity index (χ1) is 11.0. The molecule has 0 saturated carbocycles. The summed E-state index contributed by atoms with van der Waals surface area (Å²) in [5, 5.41) is 3.45. The second-order valence-corrected chi connectivity index (χ2v) is 6.05. The summed E-state index contributed by atoms with van der Waals surface area (Å²) in [7, 11) is 0. The standard InChI is InChI=1S/C18H17ClN2O2/c1-12-4-9-15(11-16(12)21-10-2-3-17(21)22)20-18(23)13-5-7-14(19)8-6-13/h4-9,11H,2-3,10H2,1H3,(H,20,23). The summed E-state index contributed by atoms with van der Waals surface area (Å²) in [6, 6.07) is 12.3. The summed E-state index contributed by atoms with van der Waals surface area (Å²) < 4.78 is 0. The van der Waals surface area contributed by atoms with Crippen molar-refractivity contribution in [2.24, 2.45) is 0 Å². The fourth-order valence-corrected chi connectivity index (χ4v) is 2.81. The van der Waals surface area contributed by atoms with Crippen LogP contribution in [0, 0.1) is 6.92 Å². The second kappa shape index (κ2) is 6.42. The number of amides is 2. The molecule has 1 heterocycles. The van der Waals surface area contributed by atoms with Crippen molar-refractivity contribution >= 4 is 34.8 Å². The first-order valence-electron chi connectivity index (χ1n) is 7.52. The van der Waals surface area contributed by atoms with Gasteiger partial charge < -0.3 is 10.2 Å². The largest absolute Gasteiger partial charge is 0.322 e. The zero-order valence-electron chi connectivity index (χ0n) is 12.8. The highest BCUT2D eigenvalue weighted by atomic mass is 35.5. The van der Waals surface area contributed by atoms with Gasteiger partial charge in [0.25, 0.3) is 5.91 Å². The predicted octanol–water partition coefficient (Wildman–Crippen LogP) is 4.03. The van der Waals surface area contributed by atoms with Crippen molar-refractivity contribution in [3.8, 4) is 0 Å². The zero-order valence-corrected chi connectivity index (χ0v) is 13.6. The molecule has 0 bridgehead atoms. The number of carbonyl (C=O) groups is 2. The van der Waals surface area contributed by atoms with Crippen molar-refractivity contribution in [3.05, 3.63) is 58.6 Å². The highest BCUT2D eigenvalue weighted by Crippen LogP contribution is 2.28. The SMILES string of the molecule is Cc1ccc(NC(=O)c2ccc(Cl)cc2)cc1N1CCCC1=O. The first kappa shape index (κ1) is 15.6. The summed E-state index contributed by atoms with van der Waals surface area (Å²) in [5.41, 5.74) is 3.09. The maximum Gasteiger partial charge on any atom is 0.255 e. The van der Waals surface area contributed by atoms with Gasteiger partial charge in [-0.1, -0.05) is 17.7 Å². The number of aryl methyl sites for hydroxylation is 1. The van der Waals surface area contributed by atoms with Gasteiger partial charge in [0.15, 0.2) is 0 Å². The molecule has 4 nitrogen and oxygen atoms in total. The highest BCUT2D eigenvalue weighted by molar-refractivity contribution is 6.30. The molecule has 0 aliphatic carbocycles. The van der Waals surface area contributed by atoms with Crippen LogP contribution in [0.25, 0.3) is 0 Å². The minimum atomic E-state index is -0.204. The lowest BCUT2D eigenvalue weighted by atomic mass is 10.1. The molecule has 5 heteroatoms. The van der Waals surface area contributed by atoms with E-state index >= 15 is 0 Å². The van der Waals surface area contributed by atoms with Crippen molar-refractivity contribution in [1.29, 1.82) is 0 Å². The average Bonchev–Trinajstić information content (AvgIpc) is 2.96. The van der Waals surface area contributed by atoms with Gasteiger partial charge in [0.2, 0.25) is 5.91 Å². The van der Waals surface area contributed by atoms with Crippen molar-refractivity contribution in [1.82, 2.24) is 0 Å². The molecule has 0 radical (unpaired) electrons. The van der Waals surface area contributed by atoms with Crippen LogP contribution in [-0.4, -0.2) is 18.4 Å². The smallest absolute Gasteiger partial charge is 0.255 e. The number of rotatable bonds is 3. The van der Waals surface area contributed by atoms with E-state index in [9.17, 15) is 9.59 Å². The van der Waals surface area contributed by atoms with Crippen molar-refractivity contribution in [2.45, 2.75) is 19.8 Å². The van der Waals surface area contributed by atoms with E-state index in [4.69, 9.17) is 11.6 Å². The van der Waals surface area contributed by atoms with Crippen LogP contribution in [0.1, 0.15) is 28.8 Å². The van der Waals surface area contributed by atoms with E-state index in [2.05, 4.69) is 5.32 Å². The summed E-state index contributed by atoms with van der Waals surface area (Å²) >= 11 is 5.83.